The summed E-state index contributed by atoms with van der Waals surface area (Å²) in [6, 6.07) is 9.98. The van der Waals surface area contributed by atoms with E-state index in [0.717, 1.165) is 5.82 Å². The molecule has 0 aliphatic carbocycles. The lowest BCUT2D eigenvalue weighted by Gasteiger charge is -2.12. The van der Waals surface area contributed by atoms with Gasteiger partial charge < -0.3 is 5.32 Å². The van der Waals surface area contributed by atoms with Gasteiger partial charge in [-0.15, -0.1) is 11.3 Å². The molecule has 0 aromatic carbocycles. The quantitative estimate of drug-likeness (QED) is 0.819. The van der Waals surface area contributed by atoms with Crippen LogP contribution in [0.25, 0.3) is 0 Å². The van der Waals surface area contributed by atoms with E-state index in [0.29, 0.717) is 5.15 Å². The number of hydrogen-bond donors (Lipinski definition) is 1. The number of nitrogens with one attached hydrogen (secondary N) is 1. The second-order valence-corrected chi connectivity index (χ2v) is 4.59. The zero-order valence-corrected chi connectivity index (χ0v) is 9.85. The molecule has 78 valence electrons. The van der Waals surface area contributed by atoms with E-state index in [1.807, 2.05) is 18.2 Å². The van der Waals surface area contributed by atoms with Crippen molar-refractivity contribution in [2.24, 2.45) is 0 Å². The zero-order chi connectivity index (χ0) is 10.7. The molecule has 1 N–H and O–H groups in total. The van der Waals surface area contributed by atoms with Gasteiger partial charge in [0.05, 0.1) is 6.04 Å². The van der Waals surface area contributed by atoms with Crippen LogP contribution in [0, 0.1) is 0 Å². The number of thiophene rings is 1. The number of aromatic nitrogens is 1. The van der Waals surface area contributed by atoms with Crippen LogP contribution >= 0.6 is 22.9 Å². The van der Waals surface area contributed by atoms with Gasteiger partial charge in [0.25, 0.3) is 0 Å². The summed E-state index contributed by atoms with van der Waals surface area (Å²) < 4.78 is 0. The van der Waals surface area contributed by atoms with Crippen molar-refractivity contribution in [3.8, 4) is 0 Å². The van der Waals surface area contributed by atoms with E-state index in [-0.39, 0.29) is 6.04 Å². The van der Waals surface area contributed by atoms with E-state index in [9.17, 15) is 0 Å². The molecule has 2 aromatic rings. The summed E-state index contributed by atoms with van der Waals surface area (Å²) in [6.07, 6.45) is 0. The van der Waals surface area contributed by atoms with Gasteiger partial charge in [-0.3, -0.25) is 0 Å². The Morgan fingerprint density at radius 1 is 1.33 bits per heavy atom. The van der Waals surface area contributed by atoms with E-state index < -0.39 is 0 Å². The number of anilines is 1. The molecule has 2 aromatic heterocycles. The predicted molar refractivity (Wildman–Crippen MR) is 65.6 cm³/mol. The highest BCUT2D eigenvalue weighted by Crippen LogP contribution is 2.22. The molecular weight excluding hydrogens is 228 g/mol. The molecule has 0 bridgehead atoms. The van der Waals surface area contributed by atoms with Crippen LogP contribution in [0.1, 0.15) is 17.8 Å². The highest BCUT2D eigenvalue weighted by molar-refractivity contribution is 7.10. The van der Waals surface area contributed by atoms with Crippen LogP contribution in [-0.4, -0.2) is 4.98 Å². The van der Waals surface area contributed by atoms with E-state index in [4.69, 9.17) is 11.6 Å². The zero-order valence-electron chi connectivity index (χ0n) is 8.27. The van der Waals surface area contributed by atoms with Crippen molar-refractivity contribution in [2.45, 2.75) is 13.0 Å². The Labute approximate surface area is 97.9 Å². The van der Waals surface area contributed by atoms with Crippen molar-refractivity contribution in [1.82, 2.24) is 4.98 Å². The fourth-order valence-corrected chi connectivity index (χ4v) is 2.22. The van der Waals surface area contributed by atoms with E-state index >= 15 is 0 Å². The van der Waals surface area contributed by atoms with Gasteiger partial charge in [-0.05, 0) is 30.5 Å². The second kappa shape index (κ2) is 4.64. The predicted octanol–water partition coefficient (Wildman–Crippen LogP) is 3.97. The molecule has 0 saturated carbocycles. The van der Waals surface area contributed by atoms with Crippen LogP contribution in [0.3, 0.4) is 0 Å². The van der Waals surface area contributed by atoms with Crippen molar-refractivity contribution in [3.05, 3.63) is 45.7 Å². The van der Waals surface area contributed by atoms with Crippen molar-refractivity contribution in [3.63, 3.8) is 0 Å². The Bertz CT molecular complexity index is 428. The van der Waals surface area contributed by atoms with Gasteiger partial charge in [-0.25, -0.2) is 4.98 Å². The van der Waals surface area contributed by atoms with Crippen LogP contribution in [0.5, 0.6) is 0 Å². The molecule has 0 aliphatic heterocycles. The van der Waals surface area contributed by atoms with Gasteiger partial charge in [0.15, 0.2) is 0 Å². The topological polar surface area (TPSA) is 24.9 Å². The number of pyridine rings is 1. The van der Waals surface area contributed by atoms with Gasteiger partial charge in [0.2, 0.25) is 0 Å². The van der Waals surface area contributed by atoms with Crippen LogP contribution in [0.15, 0.2) is 35.7 Å². The third-order valence-electron chi connectivity index (χ3n) is 2.05. The third-order valence-corrected chi connectivity index (χ3v) is 3.31. The molecule has 4 heteroatoms. The highest BCUT2D eigenvalue weighted by Gasteiger charge is 2.06. The molecule has 0 amide bonds. The summed E-state index contributed by atoms with van der Waals surface area (Å²) >= 11 is 7.54. The summed E-state index contributed by atoms with van der Waals surface area (Å²) in [4.78, 5) is 5.47. The normalized spacial score (nSPS) is 12.4. The van der Waals surface area contributed by atoms with Crippen molar-refractivity contribution in [1.29, 1.82) is 0 Å². The Morgan fingerprint density at radius 3 is 2.87 bits per heavy atom. The standard InChI is InChI=1S/C11H11ClN2S/c1-8(9-4-3-7-15-9)13-11-6-2-5-10(12)14-11/h2-8H,1H3,(H,13,14). The molecule has 15 heavy (non-hydrogen) atoms. The molecule has 0 saturated heterocycles. The molecule has 1 unspecified atom stereocenters. The van der Waals surface area contributed by atoms with Crippen LogP contribution in [0.4, 0.5) is 5.82 Å². The average molecular weight is 239 g/mol. The monoisotopic (exact) mass is 238 g/mol. The fourth-order valence-electron chi connectivity index (χ4n) is 1.32. The Hall–Kier alpha value is -1.06. The number of halogens is 1. The van der Waals surface area contributed by atoms with Crippen LogP contribution in [-0.2, 0) is 0 Å². The molecule has 2 heterocycles. The first-order chi connectivity index (χ1) is 7.25. The Kier molecular flexibility index (Phi) is 3.23. The summed E-state index contributed by atoms with van der Waals surface area (Å²) in [5, 5.41) is 5.88. The van der Waals surface area contributed by atoms with Crippen LogP contribution in [0.2, 0.25) is 5.15 Å². The van der Waals surface area contributed by atoms with Gasteiger partial charge in [-0.2, -0.15) is 0 Å². The first kappa shape index (κ1) is 10.5. The number of rotatable bonds is 3. The maximum atomic E-state index is 5.80. The van der Waals surface area contributed by atoms with Crippen LogP contribution < -0.4 is 5.32 Å². The Balaban J connectivity index is 2.09. The summed E-state index contributed by atoms with van der Waals surface area (Å²) in [5.74, 6) is 0.809. The average Bonchev–Trinajstić information content (AvgIpc) is 2.70. The first-order valence-corrected chi connectivity index (χ1v) is 5.94. The molecule has 0 aliphatic rings. The molecule has 0 spiro atoms. The van der Waals surface area contributed by atoms with Crippen molar-refractivity contribution < 1.29 is 0 Å². The second-order valence-electron chi connectivity index (χ2n) is 3.23. The fraction of sp³-hybridized carbons (Fsp3) is 0.182. The molecular formula is C11H11ClN2S. The SMILES string of the molecule is CC(Nc1cccc(Cl)n1)c1cccs1. The van der Waals surface area contributed by atoms with Crippen molar-refractivity contribution >= 4 is 28.8 Å². The molecule has 2 nitrogen and oxygen atoms in total. The molecule has 0 fully saturated rings. The van der Waals surface area contributed by atoms with Gasteiger partial charge >= 0.3 is 0 Å². The highest BCUT2D eigenvalue weighted by atomic mass is 35.5. The molecule has 2 rings (SSSR count). The molecule has 1 atom stereocenters. The third kappa shape index (κ3) is 2.70. The van der Waals surface area contributed by atoms with E-state index in [1.54, 1.807) is 17.4 Å². The summed E-state index contributed by atoms with van der Waals surface area (Å²) in [6.45, 7) is 2.11. The first-order valence-electron chi connectivity index (χ1n) is 4.68. The van der Waals surface area contributed by atoms with Gasteiger partial charge in [-0.1, -0.05) is 23.7 Å². The number of nitrogens with zero attached hydrogens (tertiary/aromatic N) is 1. The summed E-state index contributed by atoms with van der Waals surface area (Å²) in [7, 11) is 0. The van der Waals surface area contributed by atoms with Crippen molar-refractivity contribution in [2.75, 3.05) is 5.32 Å². The lowest BCUT2D eigenvalue weighted by Crippen LogP contribution is -2.05. The lowest BCUT2D eigenvalue weighted by molar-refractivity contribution is 0.897. The maximum absolute atomic E-state index is 5.80. The minimum absolute atomic E-state index is 0.260. The largest absolute Gasteiger partial charge is 0.363 e. The maximum Gasteiger partial charge on any atom is 0.131 e. The van der Waals surface area contributed by atoms with Gasteiger partial charge in [0.1, 0.15) is 11.0 Å². The minimum atomic E-state index is 0.260. The minimum Gasteiger partial charge on any atom is -0.363 e. The van der Waals surface area contributed by atoms with E-state index in [2.05, 4.69) is 28.7 Å². The van der Waals surface area contributed by atoms with Gasteiger partial charge in [0, 0.05) is 4.88 Å². The summed E-state index contributed by atoms with van der Waals surface area (Å²) in [5.41, 5.74) is 0. The number of hydrogen-bond acceptors (Lipinski definition) is 3. The molecule has 0 radical (unpaired) electrons. The Morgan fingerprint density at radius 2 is 2.20 bits per heavy atom. The van der Waals surface area contributed by atoms with E-state index in [1.165, 1.54) is 4.88 Å². The smallest absolute Gasteiger partial charge is 0.131 e. The lowest BCUT2D eigenvalue weighted by atomic mass is 10.3.